The highest BCUT2D eigenvalue weighted by Gasteiger charge is 2.14. The quantitative estimate of drug-likeness (QED) is 0.289. The second-order valence-electron chi connectivity index (χ2n) is 7.54. The third-order valence-electron chi connectivity index (χ3n) is 5.14. The Morgan fingerprint density at radius 2 is 1.76 bits per heavy atom. The van der Waals surface area contributed by atoms with E-state index < -0.39 is 0 Å². The number of carbonyl (C=O) groups excluding carboxylic acids is 1. The summed E-state index contributed by atoms with van der Waals surface area (Å²) in [5, 5.41) is 0. The fraction of sp³-hybridized carbons (Fsp3) is 0.346. The number of carbonyl (C=O) groups is 1. The van der Waals surface area contributed by atoms with Crippen LogP contribution < -0.4 is 4.74 Å². The first-order valence-corrected chi connectivity index (χ1v) is 10.5. The number of ether oxygens (including phenoxy) is 2. The Morgan fingerprint density at radius 1 is 0.966 bits per heavy atom. The number of hydrogen-bond donors (Lipinski definition) is 0. The van der Waals surface area contributed by atoms with Crippen molar-refractivity contribution in [1.82, 2.24) is 0 Å². The van der Waals surface area contributed by atoms with Gasteiger partial charge in [-0.25, -0.2) is 4.79 Å². The molecule has 0 N–H and O–H groups in total. The molecule has 0 unspecified atom stereocenters. The highest BCUT2D eigenvalue weighted by Crippen LogP contribution is 2.33. The Bertz CT molecular complexity index is 865. The standard InChI is InChI=1S/C26H30O3/c1-20(2)26(27)29-18-8-4-7-17-28-25-16-10-14-23-19-22(13-9-15-24(23)25)21-11-5-3-6-12-21/h3,5-6,10-12,14,16,19H,1,4,7-9,13,15,17-18H2,2H3. The molecule has 0 amide bonds. The van der Waals surface area contributed by atoms with E-state index in [4.69, 9.17) is 9.47 Å². The highest BCUT2D eigenvalue weighted by molar-refractivity contribution is 5.86. The van der Waals surface area contributed by atoms with Crippen LogP contribution in [0.3, 0.4) is 0 Å². The summed E-state index contributed by atoms with van der Waals surface area (Å²) in [6.07, 6.45) is 8.33. The lowest BCUT2D eigenvalue weighted by Gasteiger charge is -2.13. The van der Waals surface area contributed by atoms with Crippen LogP contribution in [0.5, 0.6) is 5.75 Å². The van der Waals surface area contributed by atoms with Gasteiger partial charge in [0.1, 0.15) is 5.75 Å². The van der Waals surface area contributed by atoms with E-state index in [0.717, 1.165) is 44.3 Å². The molecule has 1 aliphatic carbocycles. The van der Waals surface area contributed by atoms with Crippen molar-refractivity contribution in [3.63, 3.8) is 0 Å². The van der Waals surface area contributed by atoms with E-state index in [0.29, 0.717) is 18.8 Å². The largest absolute Gasteiger partial charge is 0.493 e. The minimum Gasteiger partial charge on any atom is -0.493 e. The van der Waals surface area contributed by atoms with Crippen molar-refractivity contribution in [1.29, 1.82) is 0 Å². The molecule has 0 saturated carbocycles. The van der Waals surface area contributed by atoms with Crippen LogP contribution >= 0.6 is 0 Å². The van der Waals surface area contributed by atoms with Crippen molar-refractivity contribution in [3.05, 3.63) is 77.4 Å². The van der Waals surface area contributed by atoms with E-state index in [-0.39, 0.29) is 5.97 Å². The second-order valence-corrected chi connectivity index (χ2v) is 7.54. The molecule has 0 saturated heterocycles. The molecule has 0 spiro atoms. The Labute approximate surface area is 174 Å². The summed E-state index contributed by atoms with van der Waals surface area (Å²) in [6, 6.07) is 17.0. The molecule has 0 radical (unpaired) electrons. The lowest BCUT2D eigenvalue weighted by Crippen LogP contribution is -2.07. The number of allylic oxidation sites excluding steroid dienone is 1. The Balaban J connectivity index is 1.53. The second kappa shape index (κ2) is 10.7. The third-order valence-corrected chi connectivity index (χ3v) is 5.14. The zero-order chi connectivity index (χ0) is 20.5. The van der Waals surface area contributed by atoms with Gasteiger partial charge in [-0.1, -0.05) is 55.1 Å². The van der Waals surface area contributed by atoms with Crippen molar-refractivity contribution in [2.45, 2.75) is 45.4 Å². The molecule has 1 aliphatic rings. The number of rotatable bonds is 9. The first kappa shape index (κ1) is 20.9. The van der Waals surface area contributed by atoms with Gasteiger partial charge < -0.3 is 9.47 Å². The summed E-state index contributed by atoms with van der Waals surface area (Å²) >= 11 is 0. The first-order chi connectivity index (χ1) is 14.1. The third kappa shape index (κ3) is 6.08. The van der Waals surface area contributed by atoms with E-state index in [1.165, 1.54) is 22.3 Å². The molecule has 3 heteroatoms. The monoisotopic (exact) mass is 390 g/mol. The van der Waals surface area contributed by atoms with Gasteiger partial charge in [-0.3, -0.25) is 0 Å². The van der Waals surface area contributed by atoms with Gasteiger partial charge in [-0.05, 0) is 68.2 Å². The number of hydrogen-bond acceptors (Lipinski definition) is 3. The van der Waals surface area contributed by atoms with Gasteiger partial charge in [-0.2, -0.15) is 0 Å². The number of fused-ring (bicyclic) bond motifs is 1. The molecule has 0 fully saturated rings. The van der Waals surface area contributed by atoms with Gasteiger partial charge in [0.15, 0.2) is 0 Å². The predicted octanol–water partition coefficient (Wildman–Crippen LogP) is 6.23. The summed E-state index contributed by atoms with van der Waals surface area (Å²) in [5.74, 6) is 0.693. The van der Waals surface area contributed by atoms with Crippen LogP contribution in [0.25, 0.3) is 11.6 Å². The molecular weight excluding hydrogens is 360 g/mol. The van der Waals surface area contributed by atoms with Gasteiger partial charge in [-0.15, -0.1) is 0 Å². The zero-order valence-corrected chi connectivity index (χ0v) is 17.3. The molecule has 0 aliphatic heterocycles. The van der Waals surface area contributed by atoms with Crippen molar-refractivity contribution in [2.24, 2.45) is 0 Å². The van der Waals surface area contributed by atoms with E-state index in [1.807, 2.05) is 0 Å². The predicted molar refractivity (Wildman–Crippen MR) is 119 cm³/mol. The van der Waals surface area contributed by atoms with Crippen LogP contribution in [0.2, 0.25) is 0 Å². The molecule has 3 nitrogen and oxygen atoms in total. The van der Waals surface area contributed by atoms with Crippen LogP contribution in [0, 0.1) is 0 Å². The summed E-state index contributed by atoms with van der Waals surface area (Å²) < 4.78 is 11.2. The SMILES string of the molecule is C=C(C)C(=O)OCCCCCOc1cccc2c1CCCC(c1ccccc1)=C2. The molecule has 2 aromatic rings. The van der Waals surface area contributed by atoms with Crippen LogP contribution in [0.1, 0.15) is 55.7 Å². The maximum absolute atomic E-state index is 11.3. The maximum Gasteiger partial charge on any atom is 0.333 e. The number of esters is 1. The first-order valence-electron chi connectivity index (χ1n) is 10.5. The minimum absolute atomic E-state index is 0.309. The van der Waals surface area contributed by atoms with E-state index in [2.05, 4.69) is 61.2 Å². The fourth-order valence-corrected chi connectivity index (χ4v) is 3.57. The Morgan fingerprint density at radius 3 is 2.55 bits per heavy atom. The summed E-state index contributed by atoms with van der Waals surface area (Å²) in [4.78, 5) is 11.3. The van der Waals surface area contributed by atoms with Crippen molar-refractivity contribution < 1.29 is 14.3 Å². The molecule has 3 rings (SSSR count). The maximum atomic E-state index is 11.3. The van der Waals surface area contributed by atoms with Crippen LogP contribution in [-0.4, -0.2) is 19.2 Å². The fourth-order valence-electron chi connectivity index (χ4n) is 3.57. The van der Waals surface area contributed by atoms with E-state index in [1.54, 1.807) is 6.92 Å². The molecule has 0 heterocycles. The lowest BCUT2D eigenvalue weighted by molar-refractivity contribution is -0.139. The average Bonchev–Trinajstić information content (AvgIpc) is 2.96. The molecule has 0 atom stereocenters. The minimum atomic E-state index is -0.309. The zero-order valence-electron chi connectivity index (χ0n) is 17.3. The molecule has 152 valence electrons. The molecule has 29 heavy (non-hydrogen) atoms. The van der Waals surface area contributed by atoms with Gasteiger partial charge >= 0.3 is 5.97 Å². The molecule has 0 aromatic heterocycles. The van der Waals surface area contributed by atoms with Gasteiger partial charge in [0.05, 0.1) is 13.2 Å². The van der Waals surface area contributed by atoms with Crippen molar-refractivity contribution in [2.75, 3.05) is 13.2 Å². The summed E-state index contributed by atoms with van der Waals surface area (Å²) in [6.45, 7) is 6.37. The molecule has 2 aromatic carbocycles. The van der Waals surface area contributed by atoms with E-state index in [9.17, 15) is 4.79 Å². The summed E-state index contributed by atoms with van der Waals surface area (Å²) in [7, 11) is 0. The smallest absolute Gasteiger partial charge is 0.333 e. The van der Waals surface area contributed by atoms with Gasteiger partial charge in [0, 0.05) is 11.1 Å². The van der Waals surface area contributed by atoms with Gasteiger partial charge in [0.2, 0.25) is 0 Å². The van der Waals surface area contributed by atoms with Crippen LogP contribution in [0.15, 0.2) is 60.7 Å². The van der Waals surface area contributed by atoms with E-state index >= 15 is 0 Å². The van der Waals surface area contributed by atoms with Crippen LogP contribution in [0.4, 0.5) is 0 Å². The Kier molecular flexibility index (Phi) is 7.69. The average molecular weight is 391 g/mol. The number of unbranched alkanes of at least 4 members (excludes halogenated alkanes) is 2. The van der Waals surface area contributed by atoms with Gasteiger partial charge in [0.25, 0.3) is 0 Å². The normalized spacial score (nSPS) is 13.1. The number of benzene rings is 2. The molecular formula is C26H30O3. The Hall–Kier alpha value is -2.81. The van der Waals surface area contributed by atoms with Crippen molar-refractivity contribution in [3.8, 4) is 5.75 Å². The topological polar surface area (TPSA) is 35.5 Å². The lowest BCUT2D eigenvalue weighted by atomic mass is 10.0. The summed E-state index contributed by atoms with van der Waals surface area (Å²) in [5.41, 5.74) is 5.73. The molecule has 0 bridgehead atoms. The van der Waals surface area contributed by atoms with Crippen molar-refractivity contribution >= 4 is 17.6 Å². The van der Waals surface area contributed by atoms with Crippen LogP contribution in [-0.2, 0) is 16.0 Å². The highest BCUT2D eigenvalue weighted by atomic mass is 16.5.